The van der Waals surface area contributed by atoms with E-state index in [1.807, 2.05) is 24.3 Å². The number of non-ortho nitro benzene ring substituents is 1. The van der Waals surface area contributed by atoms with Crippen LogP contribution in [0.3, 0.4) is 0 Å². The van der Waals surface area contributed by atoms with Gasteiger partial charge in [-0.15, -0.1) is 11.3 Å². The highest BCUT2D eigenvalue weighted by molar-refractivity contribution is 7.10. The number of piperidine rings is 1. The molecule has 7 nitrogen and oxygen atoms in total. The largest absolute Gasteiger partial charge is 0.357 e. The maximum absolute atomic E-state index is 11.0. The number of guanidine groups is 1. The molecule has 0 aliphatic carbocycles. The Bertz CT molecular complexity index is 824. The first-order chi connectivity index (χ1) is 14.1. The Morgan fingerprint density at radius 2 is 2.21 bits per heavy atom. The van der Waals surface area contributed by atoms with Gasteiger partial charge in [0.25, 0.3) is 5.69 Å². The van der Waals surface area contributed by atoms with Gasteiger partial charge in [0.1, 0.15) is 0 Å². The standard InChI is InChI=1S/C21H29N5O2S/c1-3-22-21(23-14-16-7-4-9-18(13-16)26(27)28)24-15-17-8-5-11-25(2)20(17)19-10-6-12-29-19/h4,6-7,9-10,12-13,17,20H,3,5,8,11,14-15H2,1-2H3,(H2,22,23,24). The number of nitro groups is 1. The monoisotopic (exact) mass is 415 g/mol. The molecule has 1 aliphatic heterocycles. The van der Waals surface area contributed by atoms with E-state index in [9.17, 15) is 10.1 Å². The molecule has 2 heterocycles. The molecule has 2 unspecified atom stereocenters. The van der Waals surface area contributed by atoms with Gasteiger partial charge < -0.3 is 10.6 Å². The van der Waals surface area contributed by atoms with Crippen molar-refractivity contribution in [3.63, 3.8) is 0 Å². The minimum absolute atomic E-state index is 0.0969. The second-order valence-electron chi connectivity index (χ2n) is 7.35. The molecule has 1 aliphatic rings. The van der Waals surface area contributed by atoms with Gasteiger partial charge in [-0.2, -0.15) is 0 Å². The summed E-state index contributed by atoms with van der Waals surface area (Å²) < 4.78 is 0. The van der Waals surface area contributed by atoms with Gasteiger partial charge in [-0.1, -0.05) is 18.2 Å². The number of hydrogen-bond acceptors (Lipinski definition) is 5. The second kappa shape index (κ2) is 10.4. The number of benzene rings is 1. The maximum atomic E-state index is 11.0. The lowest BCUT2D eigenvalue weighted by molar-refractivity contribution is -0.384. The summed E-state index contributed by atoms with van der Waals surface area (Å²) in [5.74, 6) is 1.26. The van der Waals surface area contributed by atoms with E-state index in [4.69, 9.17) is 0 Å². The van der Waals surface area contributed by atoms with Crippen molar-refractivity contribution >= 4 is 23.0 Å². The van der Waals surface area contributed by atoms with Crippen LogP contribution in [0, 0.1) is 16.0 Å². The van der Waals surface area contributed by atoms with E-state index in [2.05, 4.69) is 45.1 Å². The number of hydrogen-bond donors (Lipinski definition) is 2. The zero-order valence-electron chi connectivity index (χ0n) is 17.0. The molecule has 0 bridgehead atoms. The Kier molecular flexibility index (Phi) is 7.60. The van der Waals surface area contributed by atoms with Crippen LogP contribution < -0.4 is 10.6 Å². The molecule has 0 spiro atoms. The highest BCUT2D eigenvalue weighted by atomic mass is 32.1. The summed E-state index contributed by atoms with van der Waals surface area (Å²) in [5, 5.41) is 19.9. The first-order valence-electron chi connectivity index (χ1n) is 10.1. The fraction of sp³-hybridized carbons (Fsp3) is 0.476. The molecular formula is C21H29N5O2S. The summed E-state index contributed by atoms with van der Waals surface area (Å²) in [6.45, 7) is 5.16. The summed E-state index contributed by atoms with van der Waals surface area (Å²) in [7, 11) is 2.21. The zero-order chi connectivity index (χ0) is 20.6. The van der Waals surface area contributed by atoms with Crippen LogP contribution in [0.5, 0.6) is 0 Å². The molecule has 156 valence electrons. The lowest BCUT2D eigenvalue weighted by atomic mass is 9.88. The number of nitrogens with zero attached hydrogens (tertiary/aromatic N) is 3. The van der Waals surface area contributed by atoms with Gasteiger partial charge in [0, 0.05) is 36.1 Å². The quantitative estimate of drug-likeness (QED) is 0.311. The molecule has 2 N–H and O–H groups in total. The van der Waals surface area contributed by atoms with Gasteiger partial charge in [0.15, 0.2) is 5.96 Å². The minimum Gasteiger partial charge on any atom is -0.357 e. The van der Waals surface area contributed by atoms with E-state index in [0.717, 1.165) is 31.2 Å². The Hall–Kier alpha value is -2.45. The Morgan fingerprint density at radius 3 is 2.93 bits per heavy atom. The van der Waals surface area contributed by atoms with Crippen molar-refractivity contribution in [3.8, 4) is 0 Å². The summed E-state index contributed by atoms with van der Waals surface area (Å²) in [4.78, 5) is 19.1. The number of rotatable bonds is 7. The molecule has 0 saturated carbocycles. The first kappa shape index (κ1) is 21.3. The van der Waals surface area contributed by atoms with Crippen LogP contribution in [-0.2, 0) is 6.54 Å². The van der Waals surface area contributed by atoms with E-state index >= 15 is 0 Å². The number of aliphatic imine (C=N–C) groups is 1. The van der Waals surface area contributed by atoms with Crippen LogP contribution in [0.1, 0.15) is 36.2 Å². The van der Waals surface area contributed by atoms with Crippen molar-refractivity contribution in [1.82, 2.24) is 15.5 Å². The smallest absolute Gasteiger partial charge is 0.269 e. The van der Waals surface area contributed by atoms with Crippen LogP contribution >= 0.6 is 11.3 Å². The van der Waals surface area contributed by atoms with Crippen molar-refractivity contribution in [2.45, 2.75) is 32.4 Å². The first-order valence-corrected chi connectivity index (χ1v) is 11.0. The average Bonchev–Trinajstić information content (AvgIpc) is 3.24. The van der Waals surface area contributed by atoms with Crippen molar-refractivity contribution in [2.24, 2.45) is 10.9 Å². The molecule has 1 aromatic carbocycles. The minimum atomic E-state index is -0.374. The van der Waals surface area contributed by atoms with Gasteiger partial charge in [0.05, 0.1) is 11.5 Å². The lowest BCUT2D eigenvalue weighted by Gasteiger charge is -2.39. The number of nitro benzene ring substituents is 1. The van der Waals surface area contributed by atoms with E-state index in [1.54, 1.807) is 12.1 Å². The fourth-order valence-corrected chi connectivity index (χ4v) is 4.87. The second-order valence-corrected chi connectivity index (χ2v) is 8.33. The highest BCUT2D eigenvalue weighted by Crippen LogP contribution is 2.36. The molecule has 1 saturated heterocycles. The number of likely N-dealkylation sites (tertiary alicyclic amines) is 1. The van der Waals surface area contributed by atoms with Crippen molar-refractivity contribution < 1.29 is 4.92 Å². The third-order valence-corrected chi connectivity index (χ3v) is 6.20. The molecule has 2 atom stereocenters. The van der Waals surface area contributed by atoms with Crippen LogP contribution in [0.4, 0.5) is 5.69 Å². The van der Waals surface area contributed by atoms with Crippen molar-refractivity contribution in [2.75, 3.05) is 26.7 Å². The van der Waals surface area contributed by atoms with Gasteiger partial charge in [-0.3, -0.25) is 15.0 Å². The summed E-state index contributed by atoms with van der Waals surface area (Å²) in [5.41, 5.74) is 0.921. The fourth-order valence-electron chi connectivity index (χ4n) is 3.89. The molecule has 1 aromatic heterocycles. The van der Waals surface area contributed by atoms with Crippen LogP contribution in [0.15, 0.2) is 46.8 Å². The molecular weight excluding hydrogens is 386 g/mol. The SMILES string of the molecule is CCNC(=NCc1cccc([N+](=O)[O-])c1)NCC1CCCN(C)C1c1cccs1. The number of nitrogens with one attached hydrogen (secondary N) is 2. The predicted octanol–water partition coefficient (Wildman–Crippen LogP) is 3.79. The highest BCUT2D eigenvalue weighted by Gasteiger charge is 2.31. The summed E-state index contributed by atoms with van der Waals surface area (Å²) in [6, 6.07) is 11.4. The normalized spacial score (nSPS) is 20.4. The van der Waals surface area contributed by atoms with Gasteiger partial charge >= 0.3 is 0 Å². The summed E-state index contributed by atoms with van der Waals surface area (Å²) >= 11 is 1.82. The van der Waals surface area contributed by atoms with Gasteiger partial charge in [-0.25, -0.2) is 4.99 Å². The molecule has 29 heavy (non-hydrogen) atoms. The van der Waals surface area contributed by atoms with E-state index in [0.29, 0.717) is 18.5 Å². The third kappa shape index (κ3) is 5.77. The lowest BCUT2D eigenvalue weighted by Crippen LogP contribution is -2.44. The Labute approximate surface area is 176 Å². The van der Waals surface area contributed by atoms with Gasteiger partial charge in [-0.05, 0) is 56.3 Å². The zero-order valence-corrected chi connectivity index (χ0v) is 17.8. The van der Waals surface area contributed by atoms with Gasteiger partial charge in [0.2, 0.25) is 0 Å². The number of thiophene rings is 1. The van der Waals surface area contributed by atoms with E-state index in [1.165, 1.54) is 23.8 Å². The Morgan fingerprint density at radius 1 is 1.34 bits per heavy atom. The van der Waals surface area contributed by atoms with Crippen molar-refractivity contribution in [3.05, 3.63) is 62.3 Å². The van der Waals surface area contributed by atoms with Crippen LogP contribution in [0.2, 0.25) is 0 Å². The molecule has 1 fully saturated rings. The van der Waals surface area contributed by atoms with E-state index in [-0.39, 0.29) is 10.6 Å². The predicted molar refractivity (Wildman–Crippen MR) is 118 cm³/mol. The van der Waals surface area contributed by atoms with Crippen LogP contribution in [-0.4, -0.2) is 42.5 Å². The molecule has 0 radical (unpaired) electrons. The Balaban J connectivity index is 1.66. The third-order valence-electron chi connectivity index (χ3n) is 5.26. The summed E-state index contributed by atoms with van der Waals surface area (Å²) in [6.07, 6.45) is 2.39. The van der Waals surface area contributed by atoms with E-state index < -0.39 is 0 Å². The molecule has 0 amide bonds. The molecule has 8 heteroatoms. The molecule has 2 aromatic rings. The topological polar surface area (TPSA) is 82.8 Å². The molecule has 3 rings (SSSR count). The average molecular weight is 416 g/mol. The van der Waals surface area contributed by atoms with Crippen LogP contribution in [0.25, 0.3) is 0 Å². The van der Waals surface area contributed by atoms with Crippen molar-refractivity contribution in [1.29, 1.82) is 0 Å². The maximum Gasteiger partial charge on any atom is 0.269 e.